The van der Waals surface area contributed by atoms with Crippen molar-refractivity contribution in [2.24, 2.45) is 5.92 Å². The molecule has 6 nitrogen and oxygen atoms in total. The van der Waals surface area contributed by atoms with Crippen LogP contribution in [0.25, 0.3) is 17.0 Å². The molecule has 4 heterocycles. The van der Waals surface area contributed by atoms with E-state index in [1.807, 2.05) is 28.9 Å². The SMILES string of the molecule is c1ccn2ncc(-c3nc(CC4CCCNC4)no3)c2c1. The highest BCUT2D eigenvalue weighted by atomic mass is 16.5. The molecule has 21 heavy (non-hydrogen) atoms. The van der Waals surface area contributed by atoms with E-state index >= 15 is 0 Å². The van der Waals surface area contributed by atoms with Crippen molar-refractivity contribution in [2.75, 3.05) is 13.1 Å². The lowest BCUT2D eigenvalue weighted by molar-refractivity contribution is 0.360. The van der Waals surface area contributed by atoms with Crippen molar-refractivity contribution in [3.05, 3.63) is 36.4 Å². The Labute approximate surface area is 122 Å². The number of rotatable bonds is 3. The van der Waals surface area contributed by atoms with E-state index in [-0.39, 0.29) is 0 Å². The zero-order valence-corrected chi connectivity index (χ0v) is 11.7. The third-order valence-electron chi connectivity index (χ3n) is 4.00. The smallest absolute Gasteiger partial charge is 0.261 e. The van der Waals surface area contributed by atoms with Gasteiger partial charge in [-0.2, -0.15) is 10.1 Å². The molecule has 0 saturated carbocycles. The molecular weight excluding hydrogens is 266 g/mol. The number of nitrogens with one attached hydrogen (secondary N) is 1. The number of fused-ring (bicyclic) bond motifs is 1. The second-order valence-corrected chi connectivity index (χ2v) is 5.52. The number of nitrogens with zero attached hydrogens (tertiary/aromatic N) is 4. The fraction of sp³-hybridized carbons (Fsp3) is 0.400. The van der Waals surface area contributed by atoms with Crippen molar-refractivity contribution >= 4 is 5.52 Å². The molecule has 0 amide bonds. The molecule has 6 heteroatoms. The molecule has 1 fully saturated rings. The molecule has 3 aromatic heterocycles. The summed E-state index contributed by atoms with van der Waals surface area (Å²) in [6.45, 7) is 2.16. The van der Waals surface area contributed by atoms with Crippen molar-refractivity contribution < 1.29 is 4.52 Å². The molecule has 1 atom stereocenters. The first-order chi connectivity index (χ1) is 10.4. The van der Waals surface area contributed by atoms with Crippen LogP contribution in [0.1, 0.15) is 18.7 Å². The van der Waals surface area contributed by atoms with Gasteiger partial charge >= 0.3 is 0 Å². The van der Waals surface area contributed by atoms with Crippen molar-refractivity contribution in [3.8, 4) is 11.5 Å². The molecule has 1 N–H and O–H groups in total. The summed E-state index contributed by atoms with van der Waals surface area (Å²) in [4.78, 5) is 4.54. The van der Waals surface area contributed by atoms with Crippen LogP contribution in [0.5, 0.6) is 0 Å². The summed E-state index contributed by atoms with van der Waals surface area (Å²) in [5, 5.41) is 11.8. The van der Waals surface area contributed by atoms with Crippen molar-refractivity contribution in [2.45, 2.75) is 19.3 Å². The van der Waals surface area contributed by atoms with Gasteiger partial charge in [-0.15, -0.1) is 0 Å². The normalized spacial score (nSPS) is 19.1. The lowest BCUT2D eigenvalue weighted by atomic mass is 9.96. The van der Waals surface area contributed by atoms with Gasteiger partial charge in [-0.25, -0.2) is 4.52 Å². The summed E-state index contributed by atoms with van der Waals surface area (Å²) in [6.07, 6.45) is 7.01. The Morgan fingerprint density at radius 2 is 2.38 bits per heavy atom. The second-order valence-electron chi connectivity index (χ2n) is 5.52. The first-order valence-electron chi connectivity index (χ1n) is 7.36. The van der Waals surface area contributed by atoms with E-state index in [1.165, 1.54) is 12.8 Å². The van der Waals surface area contributed by atoms with Crippen molar-refractivity contribution in [3.63, 3.8) is 0 Å². The monoisotopic (exact) mass is 283 g/mol. The van der Waals surface area contributed by atoms with E-state index < -0.39 is 0 Å². The maximum atomic E-state index is 5.42. The number of aromatic nitrogens is 4. The molecule has 3 aromatic rings. The third kappa shape index (κ3) is 2.42. The molecule has 108 valence electrons. The Balaban J connectivity index is 1.59. The van der Waals surface area contributed by atoms with Gasteiger partial charge in [0.25, 0.3) is 5.89 Å². The molecule has 0 radical (unpaired) electrons. The standard InChI is InChI=1S/C15H17N5O/c1-2-7-20-13(5-1)12(10-17-20)15-18-14(19-21-15)8-11-4-3-6-16-9-11/h1-2,5,7,10-11,16H,3-4,6,8-9H2. The van der Waals surface area contributed by atoms with Crippen LogP contribution in [0.15, 0.2) is 35.1 Å². The minimum Gasteiger partial charge on any atom is -0.334 e. The predicted octanol–water partition coefficient (Wildman–Crippen LogP) is 1.93. The van der Waals surface area contributed by atoms with Crippen LogP contribution < -0.4 is 5.32 Å². The van der Waals surface area contributed by atoms with Gasteiger partial charge in [-0.1, -0.05) is 11.2 Å². The molecule has 0 bridgehead atoms. The van der Waals surface area contributed by atoms with Crippen molar-refractivity contribution in [1.29, 1.82) is 0 Å². The number of piperidine rings is 1. The van der Waals surface area contributed by atoms with E-state index in [9.17, 15) is 0 Å². The van der Waals surface area contributed by atoms with Gasteiger partial charge in [-0.05, 0) is 44.0 Å². The van der Waals surface area contributed by atoms with Crippen LogP contribution >= 0.6 is 0 Å². The third-order valence-corrected chi connectivity index (χ3v) is 4.00. The molecule has 0 spiro atoms. The Hall–Kier alpha value is -2.21. The lowest BCUT2D eigenvalue weighted by Crippen LogP contribution is -2.31. The van der Waals surface area contributed by atoms with Gasteiger partial charge in [0.2, 0.25) is 0 Å². The van der Waals surface area contributed by atoms with Crippen LogP contribution in [-0.2, 0) is 6.42 Å². The molecule has 1 saturated heterocycles. The second kappa shape index (κ2) is 5.29. The molecule has 0 aliphatic carbocycles. The molecule has 1 aliphatic heterocycles. The van der Waals surface area contributed by atoms with E-state index in [0.29, 0.717) is 11.8 Å². The zero-order chi connectivity index (χ0) is 14.1. The van der Waals surface area contributed by atoms with E-state index in [1.54, 1.807) is 6.20 Å². The van der Waals surface area contributed by atoms with Crippen LogP contribution in [0.4, 0.5) is 0 Å². The van der Waals surface area contributed by atoms with Gasteiger partial charge in [0.15, 0.2) is 5.82 Å². The van der Waals surface area contributed by atoms with E-state index in [2.05, 4.69) is 20.6 Å². The summed E-state index contributed by atoms with van der Waals surface area (Å²) in [5.41, 5.74) is 1.86. The minimum atomic E-state index is 0.551. The van der Waals surface area contributed by atoms with Gasteiger partial charge in [0.1, 0.15) is 0 Å². The number of hydrogen-bond acceptors (Lipinski definition) is 5. The first kappa shape index (κ1) is 12.5. The van der Waals surface area contributed by atoms with Gasteiger partial charge < -0.3 is 9.84 Å². The quantitative estimate of drug-likeness (QED) is 0.795. The van der Waals surface area contributed by atoms with Crippen LogP contribution in [0.2, 0.25) is 0 Å². The molecule has 4 rings (SSSR count). The summed E-state index contributed by atoms with van der Waals surface area (Å²) in [7, 11) is 0. The maximum Gasteiger partial charge on any atom is 0.261 e. The summed E-state index contributed by atoms with van der Waals surface area (Å²) >= 11 is 0. The van der Waals surface area contributed by atoms with E-state index in [0.717, 1.165) is 36.4 Å². The van der Waals surface area contributed by atoms with Crippen LogP contribution in [0.3, 0.4) is 0 Å². The predicted molar refractivity (Wildman–Crippen MR) is 77.8 cm³/mol. The molecule has 1 aliphatic rings. The average molecular weight is 283 g/mol. The maximum absolute atomic E-state index is 5.42. The lowest BCUT2D eigenvalue weighted by Gasteiger charge is -2.20. The average Bonchev–Trinajstić information content (AvgIpc) is 3.14. The van der Waals surface area contributed by atoms with Crippen molar-refractivity contribution in [1.82, 2.24) is 25.1 Å². The Morgan fingerprint density at radius 3 is 3.29 bits per heavy atom. The highest BCUT2D eigenvalue weighted by molar-refractivity contribution is 5.74. The Kier molecular flexibility index (Phi) is 3.16. The highest BCUT2D eigenvalue weighted by Gasteiger charge is 2.18. The topological polar surface area (TPSA) is 68.2 Å². The fourth-order valence-corrected chi connectivity index (χ4v) is 2.90. The van der Waals surface area contributed by atoms with Gasteiger partial charge in [-0.3, -0.25) is 0 Å². The summed E-state index contributed by atoms with van der Waals surface area (Å²) in [5.74, 6) is 1.94. The van der Waals surface area contributed by atoms with Gasteiger partial charge in [0.05, 0.1) is 17.3 Å². The summed E-state index contributed by atoms with van der Waals surface area (Å²) in [6, 6.07) is 5.92. The number of hydrogen-bond donors (Lipinski definition) is 1. The fourth-order valence-electron chi connectivity index (χ4n) is 2.90. The molecular formula is C15H17N5O. The highest BCUT2D eigenvalue weighted by Crippen LogP contribution is 2.23. The van der Waals surface area contributed by atoms with E-state index in [4.69, 9.17) is 4.52 Å². The summed E-state index contributed by atoms with van der Waals surface area (Å²) < 4.78 is 7.23. The minimum absolute atomic E-state index is 0.551. The zero-order valence-electron chi connectivity index (χ0n) is 11.7. The Bertz CT molecular complexity index is 741. The molecule has 1 unspecified atom stereocenters. The van der Waals surface area contributed by atoms with Crippen LogP contribution in [0, 0.1) is 5.92 Å². The largest absolute Gasteiger partial charge is 0.334 e. The van der Waals surface area contributed by atoms with Crippen LogP contribution in [-0.4, -0.2) is 32.8 Å². The first-order valence-corrected chi connectivity index (χ1v) is 7.36. The Morgan fingerprint density at radius 1 is 1.38 bits per heavy atom. The van der Waals surface area contributed by atoms with Gasteiger partial charge in [0, 0.05) is 12.6 Å². The number of pyridine rings is 1. The molecule has 0 aromatic carbocycles.